The largest absolute Gasteiger partial charge is 0.255 e. The summed E-state index contributed by atoms with van der Waals surface area (Å²) in [6, 6.07) is 17.4. The standard InChI is InChI=1S/C20H12FN3/c1-13-10-14(11-22)6-7-15(13)20-18(12-23)16(8-9-24-20)17-4-2-3-5-19(17)21/h2-10H,1H3. The van der Waals surface area contributed by atoms with Crippen LogP contribution in [0.1, 0.15) is 16.7 Å². The van der Waals surface area contributed by atoms with Crippen LogP contribution in [0.15, 0.2) is 54.7 Å². The Morgan fingerprint density at radius 1 is 0.917 bits per heavy atom. The van der Waals surface area contributed by atoms with Gasteiger partial charge in [0.25, 0.3) is 0 Å². The maximum Gasteiger partial charge on any atom is 0.131 e. The van der Waals surface area contributed by atoms with E-state index < -0.39 is 0 Å². The van der Waals surface area contributed by atoms with Gasteiger partial charge in [-0.3, -0.25) is 4.98 Å². The summed E-state index contributed by atoms with van der Waals surface area (Å²) < 4.78 is 14.1. The van der Waals surface area contributed by atoms with E-state index in [0.29, 0.717) is 27.9 Å². The van der Waals surface area contributed by atoms with Gasteiger partial charge in [-0.15, -0.1) is 0 Å². The molecule has 0 unspecified atom stereocenters. The molecule has 0 N–H and O–H groups in total. The van der Waals surface area contributed by atoms with Gasteiger partial charge >= 0.3 is 0 Å². The third-order valence-electron chi connectivity index (χ3n) is 3.84. The number of aromatic nitrogens is 1. The van der Waals surface area contributed by atoms with E-state index in [-0.39, 0.29) is 5.82 Å². The van der Waals surface area contributed by atoms with Crippen molar-refractivity contribution in [1.29, 1.82) is 10.5 Å². The topological polar surface area (TPSA) is 60.5 Å². The minimum atomic E-state index is -0.386. The maximum absolute atomic E-state index is 14.1. The minimum Gasteiger partial charge on any atom is -0.255 e. The maximum atomic E-state index is 14.1. The Morgan fingerprint density at radius 2 is 1.71 bits per heavy atom. The molecule has 3 nitrogen and oxygen atoms in total. The lowest BCUT2D eigenvalue weighted by atomic mass is 9.94. The van der Waals surface area contributed by atoms with Crippen molar-refractivity contribution in [3.63, 3.8) is 0 Å². The summed E-state index contributed by atoms with van der Waals surface area (Å²) in [5.74, 6) is -0.386. The highest BCUT2D eigenvalue weighted by atomic mass is 19.1. The zero-order chi connectivity index (χ0) is 17.1. The highest BCUT2D eigenvalue weighted by Crippen LogP contribution is 2.33. The molecular weight excluding hydrogens is 301 g/mol. The molecule has 0 aliphatic rings. The van der Waals surface area contributed by atoms with Crippen LogP contribution in [0, 0.1) is 35.4 Å². The van der Waals surface area contributed by atoms with Crippen molar-refractivity contribution in [3.8, 4) is 34.5 Å². The van der Waals surface area contributed by atoms with Crippen molar-refractivity contribution < 1.29 is 4.39 Å². The van der Waals surface area contributed by atoms with E-state index in [4.69, 9.17) is 5.26 Å². The quantitative estimate of drug-likeness (QED) is 0.694. The molecule has 3 aromatic rings. The summed E-state index contributed by atoms with van der Waals surface area (Å²) in [5, 5.41) is 18.6. The normalized spacial score (nSPS) is 10.0. The zero-order valence-corrected chi connectivity index (χ0v) is 12.9. The molecule has 4 heteroatoms. The third-order valence-corrected chi connectivity index (χ3v) is 3.84. The smallest absolute Gasteiger partial charge is 0.131 e. The van der Waals surface area contributed by atoms with E-state index in [2.05, 4.69) is 17.1 Å². The summed E-state index contributed by atoms with van der Waals surface area (Å²) >= 11 is 0. The van der Waals surface area contributed by atoms with Crippen molar-refractivity contribution in [2.24, 2.45) is 0 Å². The molecule has 3 rings (SSSR count). The summed E-state index contributed by atoms with van der Waals surface area (Å²) in [4.78, 5) is 4.32. The molecule has 0 saturated heterocycles. The van der Waals surface area contributed by atoms with Crippen LogP contribution >= 0.6 is 0 Å². The second kappa shape index (κ2) is 6.32. The Bertz CT molecular complexity index is 1010. The average Bonchev–Trinajstić information content (AvgIpc) is 2.61. The van der Waals surface area contributed by atoms with E-state index >= 15 is 0 Å². The molecule has 0 spiro atoms. The fourth-order valence-corrected chi connectivity index (χ4v) is 2.68. The van der Waals surface area contributed by atoms with Crippen molar-refractivity contribution >= 4 is 0 Å². The van der Waals surface area contributed by atoms with Gasteiger partial charge in [-0.05, 0) is 36.8 Å². The molecule has 0 bridgehead atoms. The lowest BCUT2D eigenvalue weighted by Crippen LogP contribution is -1.96. The number of rotatable bonds is 2. The number of benzene rings is 2. The number of nitrogens with zero attached hydrogens (tertiary/aromatic N) is 3. The van der Waals surface area contributed by atoms with Crippen LogP contribution in [0.3, 0.4) is 0 Å². The molecule has 114 valence electrons. The van der Waals surface area contributed by atoms with Crippen LogP contribution in [-0.4, -0.2) is 4.98 Å². The first-order valence-corrected chi connectivity index (χ1v) is 7.31. The first-order valence-electron chi connectivity index (χ1n) is 7.31. The predicted octanol–water partition coefficient (Wildman–Crippen LogP) is 4.61. The monoisotopic (exact) mass is 313 g/mol. The van der Waals surface area contributed by atoms with E-state index in [1.807, 2.05) is 6.92 Å². The zero-order valence-electron chi connectivity index (χ0n) is 12.9. The first-order chi connectivity index (χ1) is 11.7. The van der Waals surface area contributed by atoms with Crippen LogP contribution in [0.25, 0.3) is 22.4 Å². The fraction of sp³-hybridized carbons (Fsp3) is 0.0500. The molecule has 0 fully saturated rings. The number of hydrogen-bond acceptors (Lipinski definition) is 3. The number of pyridine rings is 1. The van der Waals surface area contributed by atoms with Crippen LogP contribution in [0.2, 0.25) is 0 Å². The lowest BCUT2D eigenvalue weighted by Gasteiger charge is -2.11. The van der Waals surface area contributed by atoms with Crippen molar-refractivity contribution in [2.45, 2.75) is 6.92 Å². The van der Waals surface area contributed by atoms with Gasteiger partial charge in [0, 0.05) is 22.9 Å². The molecule has 1 aromatic heterocycles. The predicted molar refractivity (Wildman–Crippen MR) is 89.2 cm³/mol. The number of aryl methyl sites for hydroxylation is 1. The van der Waals surface area contributed by atoms with E-state index in [1.165, 1.54) is 6.07 Å². The Balaban J connectivity index is 2.26. The molecule has 0 saturated carbocycles. The molecular formula is C20H12FN3. The Kier molecular flexibility index (Phi) is 4.05. The second-order valence-electron chi connectivity index (χ2n) is 5.32. The first kappa shape index (κ1) is 15.4. The van der Waals surface area contributed by atoms with Crippen LogP contribution in [-0.2, 0) is 0 Å². The summed E-state index contributed by atoms with van der Waals surface area (Å²) in [6.07, 6.45) is 1.57. The van der Waals surface area contributed by atoms with Crippen molar-refractivity contribution in [1.82, 2.24) is 4.98 Å². The summed E-state index contributed by atoms with van der Waals surface area (Å²) in [6.45, 7) is 1.86. The second-order valence-corrected chi connectivity index (χ2v) is 5.32. The molecule has 0 aliphatic heterocycles. The Labute approximate surface area is 139 Å². The third kappa shape index (κ3) is 2.62. The van der Waals surface area contributed by atoms with Gasteiger partial charge in [0.15, 0.2) is 0 Å². The van der Waals surface area contributed by atoms with E-state index in [9.17, 15) is 9.65 Å². The van der Waals surface area contributed by atoms with E-state index in [1.54, 1.807) is 48.7 Å². The number of hydrogen-bond donors (Lipinski definition) is 0. The number of nitriles is 2. The van der Waals surface area contributed by atoms with Crippen LogP contribution < -0.4 is 0 Å². The van der Waals surface area contributed by atoms with Gasteiger partial charge in [0.1, 0.15) is 11.9 Å². The van der Waals surface area contributed by atoms with Gasteiger partial charge in [-0.2, -0.15) is 10.5 Å². The highest BCUT2D eigenvalue weighted by molar-refractivity contribution is 5.81. The molecule has 0 amide bonds. The molecule has 1 heterocycles. The highest BCUT2D eigenvalue weighted by Gasteiger charge is 2.16. The van der Waals surface area contributed by atoms with Gasteiger partial charge in [0.2, 0.25) is 0 Å². The minimum absolute atomic E-state index is 0.315. The molecule has 2 aromatic carbocycles. The van der Waals surface area contributed by atoms with Gasteiger partial charge in [-0.1, -0.05) is 24.3 Å². The van der Waals surface area contributed by atoms with Gasteiger partial charge in [-0.25, -0.2) is 4.39 Å². The van der Waals surface area contributed by atoms with Crippen molar-refractivity contribution in [3.05, 3.63) is 77.2 Å². The molecule has 0 atom stereocenters. The molecule has 0 aliphatic carbocycles. The average molecular weight is 313 g/mol. The molecule has 0 radical (unpaired) electrons. The SMILES string of the molecule is Cc1cc(C#N)ccc1-c1nccc(-c2ccccc2F)c1C#N. The van der Waals surface area contributed by atoms with Gasteiger partial charge < -0.3 is 0 Å². The molecule has 24 heavy (non-hydrogen) atoms. The van der Waals surface area contributed by atoms with Crippen LogP contribution in [0.5, 0.6) is 0 Å². The fourth-order valence-electron chi connectivity index (χ4n) is 2.68. The number of halogens is 1. The Morgan fingerprint density at radius 3 is 2.38 bits per heavy atom. The van der Waals surface area contributed by atoms with Crippen molar-refractivity contribution in [2.75, 3.05) is 0 Å². The Hall–Kier alpha value is -3.50. The lowest BCUT2D eigenvalue weighted by molar-refractivity contribution is 0.631. The van der Waals surface area contributed by atoms with E-state index in [0.717, 1.165) is 11.1 Å². The summed E-state index contributed by atoms with van der Waals surface area (Å²) in [5.41, 5.74) is 3.80. The van der Waals surface area contributed by atoms with Gasteiger partial charge in [0.05, 0.1) is 22.9 Å². The summed E-state index contributed by atoms with van der Waals surface area (Å²) in [7, 11) is 0. The van der Waals surface area contributed by atoms with Crippen LogP contribution in [0.4, 0.5) is 4.39 Å².